The number of rotatable bonds is 12. The van der Waals surface area contributed by atoms with E-state index in [4.69, 9.17) is 9.47 Å². The monoisotopic (exact) mass is 472 g/mol. The zero-order chi connectivity index (χ0) is 25.2. The summed E-state index contributed by atoms with van der Waals surface area (Å²) in [5, 5.41) is 0. The van der Waals surface area contributed by atoms with Gasteiger partial charge in [-0.05, 0) is 74.2 Å². The number of carbonyl (C=O) groups excluding carboxylic acids is 1. The molecule has 3 rings (SSSR count). The molecule has 0 bridgehead atoms. The maximum atomic E-state index is 13.5. The lowest BCUT2D eigenvalue weighted by Crippen LogP contribution is -2.20. The number of benzene rings is 3. The zero-order valence-electron chi connectivity index (χ0n) is 21.5. The fraction of sp³-hybridized carbons (Fsp3) is 0.300. The molecule has 0 amide bonds. The van der Waals surface area contributed by atoms with Gasteiger partial charge in [-0.15, -0.1) is 0 Å². The molecule has 3 aromatic carbocycles. The van der Waals surface area contributed by atoms with Crippen LogP contribution in [0.2, 0.25) is 0 Å². The molecule has 0 aliphatic carbocycles. The Labute approximate surface area is 209 Å². The van der Waals surface area contributed by atoms with Gasteiger partial charge in [0.15, 0.2) is 5.78 Å². The van der Waals surface area contributed by atoms with Gasteiger partial charge in [0, 0.05) is 20.2 Å². The molecular formula is C30H36N2O3. The number of hydrogen-bond donors (Lipinski definition) is 0. The molecule has 0 heterocycles. The third-order valence-electron chi connectivity index (χ3n) is 5.63. The largest absolute Gasteiger partial charge is 0.491 e. The topological polar surface area (TPSA) is 42.0 Å². The number of nitrogens with zero attached hydrogens (tertiary/aromatic N) is 2. The average molecular weight is 473 g/mol. The van der Waals surface area contributed by atoms with Crippen LogP contribution in [0.1, 0.15) is 27.0 Å². The van der Waals surface area contributed by atoms with E-state index in [1.807, 2.05) is 88.9 Å². The van der Waals surface area contributed by atoms with Gasteiger partial charge in [0.1, 0.15) is 12.4 Å². The van der Waals surface area contributed by atoms with Crippen molar-refractivity contribution in [1.82, 2.24) is 9.80 Å². The summed E-state index contributed by atoms with van der Waals surface area (Å²) in [7, 11) is 9.76. The SMILES string of the molecule is COCc1ccccc1-c1ccc(OCCN(C)C)c(C(=O)C=Cc2ccccc2CN(C)C)c1. The van der Waals surface area contributed by atoms with Crippen molar-refractivity contribution in [3.8, 4) is 16.9 Å². The number of ketones is 1. The number of ether oxygens (including phenoxy) is 2. The van der Waals surface area contributed by atoms with E-state index in [1.54, 1.807) is 13.2 Å². The molecule has 0 saturated carbocycles. The van der Waals surface area contributed by atoms with Crippen molar-refractivity contribution < 1.29 is 14.3 Å². The fourth-order valence-electron chi connectivity index (χ4n) is 3.87. The van der Waals surface area contributed by atoms with Crippen LogP contribution in [0.4, 0.5) is 0 Å². The van der Waals surface area contributed by atoms with Crippen molar-refractivity contribution in [1.29, 1.82) is 0 Å². The van der Waals surface area contributed by atoms with E-state index in [-0.39, 0.29) is 5.78 Å². The lowest BCUT2D eigenvalue weighted by Gasteiger charge is -2.15. The minimum absolute atomic E-state index is 0.0874. The van der Waals surface area contributed by atoms with Crippen molar-refractivity contribution >= 4 is 11.9 Å². The number of allylic oxidation sites excluding steroid dienone is 1. The lowest BCUT2D eigenvalue weighted by atomic mass is 9.96. The van der Waals surface area contributed by atoms with Gasteiger partial charge in [-0.25, -0.2) is 0 Å². The number of methoxy groups -OCH3 is 1. The first kappa shape index (κ1) is 26.4. The third-order valence-corrected chi connectivity index (χ3v) is 5.63. The minimum atomic E-state index is -0.0874. The number of likely N-dealkylation sites (N-methyl/N-ethyl adjacent to an activating group) is 1. The van der Waals surface area contributed by atoms with E-state index in [0.29, 0.717) is 24.5 Å². The summed E-state index contributed by atoms with van der Waals surface area (Å²) in [5.74, 6) is 0.506. The van der Waals surface area contributed by atoms with Gasteiger partial charge in [-0.2, -0.15) is 0 Å². The van der Waals surface area contributed by atoms with E-state index in [1.165, 1.54) is 5.56 Å². The molecule has 5 heteroatoms. The normalized spacial score (nSPS) is 11.5. The van der Waals surface area contributed by atoms with E-state index >= 15 is 0 Å². The Morgan fingerprint density at radius 2 is 1.60 bits per heavy atom. The van der Waals surface area contributed by atoms with E-state index in [9.17, 15) is 4.79 Å². The van der Waals surface area contributed by atoms with Crippen LogP contribution in [-0.4, -0.2) is 64.0 Å². The summed E-state index contributed by atoms with van der Waals surface area (Å²) in [6.07, 6.45) is 3.55. The van der Waals surface area contributed by atoms with Crippen molar-refractivity contribution in [2.45, 2.75) is 13.2 Å². The van der Waals surface area contributed by atoms with Gasteiger partial charge in [0.2, 0.25) is 0 Å². The van der Waals surface area contributed by atoms with Gasteiger partial charge in [-0.1, -0.05) is 60.7 Å². The molecule has 0 atom stereocenters. The highest BCUT2D eigenvalue weighted by atomic mass is 16.5. The summed E-state index contributed by atoms with van der Waals surface area (Å²) in [6, 6.07) is 22.1. The maximum absolute atomic E-state index is 13.5. The molecule has 0 unspecified atom stereocenters. The second-order valence-corrected chi connectivity index (χ2v) is 9.09. The molecule has 0 aliphatic heterocycles. The Hall–Kier alpha value is -3.25. The van der Waals surface area contributed by atoms with E-state index in [2.05, 4.69) is 21.9 Å². The van der Waals surface area contributed by atoms with Crippen LogP contribution in [0.3, 0.4) is 0 Å². The molecule has 3 aromatic rings. The van der Waals surface area contributed by atoms with Crippen LogP contribution in [0.5, 0.6) is 5.75 Å². The van der Waals surface area contributed by atoms with Crippen molar-refractivity contribution in [3.63, 3.8) is 0 Å². The highest BCUT2D eigenvalue weighted by molar-refractivity contribution is 6.09. The number of hydrogen-bond acceptors (Lipinski definition) is 5. The Balaban J connectivity index is 1.97. The Kier molecular flexibility index (Phi) is 9.79. The Morgan fingerprint density at radius 1 is 0.886 bits per heavy atom. The standard InChI is InChI=1S/C30H36N2O3/c1-31(2)18-19-35-30-17-15-24(27-13-9-8-12-26(27)22-34-5)20-28(30)29(33)16-14-23-10-6-7-11-25(23)21-32(3)4/h6-17,20H,18-19,21-22H2,1-5H3. The van der Waals surface area contributed by atoms with Crippen molar-refractivity contribution in [3.05, 3.63) is 95.1 Å². The van der Waals surface area contributed by atoms with Crippen LogP contribution in [0.25, 0.3) is 17.2 Å². The molecule has 0 radical (unpaired) electrons. The van der Waals surface area contributed by atoms with Crippen molar-refractivity contribution in [2.24, 2.45) is 0 Å². The van der Waals surface area contributed by atoms with Gasteiger partial charge < -0.3 is 19.3 Å². The van der Waals surface area contributed by atoms with Crippen LogP contribution >= 0.6 is 0 Å². The third kappa shape index (κ3) is 7.62. The molecule has 5 nitrogen and oxygen atoms in total. The fourth-order valence-corrected chi connectivity index (χ4v) is 3.87. The van der Waals surface area contributed by atoms with Gasteiger partial charge in [0.05, 0.1) is 12.2 Å². The van der Waals surface area contributed by atoms with Gasteiger partial charge >= 0.3 is 0 Å². The molecule has 0 spiro atoms. The number of carbonyl (C=O) groups is 1. The molecule has 0 saturated heterocycles. The molecule has 0 aromatic heterocycles. The summed E-state index contributed by atoms with van der Waals surface area (Å²) in [4.78, 5) is 17.6. The first-order valence-corrected chi connectivity index (χ1v) is 11.8. The quantitative estimate of drug-likeness (QED) is 0.261. The van der Waals surface area contributed by atoms with Crippen LogP contribution in [0, 0.1) is 0 Å². The molecule has 35 heavy (non-hydrogen) atoms. The summed E-state index contributed by atoms with van der Waals surface area (Å²) >= 11 is 0. The van der Waals surface area contributed by atoms with E-state index in [0.717, 1.165) is 35.3 Å². The predicted molar refractivity (Wildman–Crippen MR) is 144 cm³/mol. The molecule has 0 aliphatic rings. The Morgan fingerprint density at radius 3 is 2.31 bits per heavy atom. The summed E-state index contributed by atoms with van der Waals surface area (Å²) in [6.45, 7) is 2.57. The second kappa shape index (κ2) is 13.0. The summed E-state index contributed by atoms with van der Waals surface area (Å²) in [5.41, 5.74) is 5.83. The van der Waals surface area contributed by atoms with Gasteiger partial charge in [0.25, 0.3) is 0 Å². The second-order valence-electron chi connectivity index (χ2n) is 9.09. The van der Waals surface area contributed by atoms with Gasteiger partial charge in [-0.3, -0.25) is 4.79 Å². The van der Waals surface area contributed by atoms with E-state index < -0.39 is 0 Å². The first-order valence-electron chi connectivity index (χ1n) is 11.8. The lowest BCUT2D eigenvalue weighted by molar-refractivity contribution is 0.104. The highest BCUT2D eigenvalue weighted by Gasteiger charge is 2.14. The average Bonchev–Trinajstić information content (AvgIpc) is 2.83. The van der Waals surface area contributed by atoms with Crippen LogP contribution in [0.15, 0.2) is 72.8 Å². The Bertz CT molecular complexity index is 1150. The highest BCUT2D eigenvalue weighted by Crippen LogP contribution is 2.30. The van der Waals surface area contributed by atoms with Crippen LogP contribution < -0.4 is 4.74 Å². The maximum Gasteiger partial charge on any atom is 0.189 e. The zero-order valence-corrected chi connectivity index (χ0v) is 21.5. The minimum Gasteiger partial charge on any atom is -0.491 e. The first-order chi connectivity index (χ1) is 16.9. The van der Waals surface area contributed by atoms with Crippen molar-refractivity contribution in [2.75, 3.05) is 48.5 Å². The molecule has 0 N–H and O–H groups in total. The van der Waals surface area contributed by atoms with Crippen LogP contribution in [-0.2, 0) is 17.9 Å². The summed E-state index contributed by atoms with van der Waals surface area (Å²) < 4.78 is 11.4. The smallest absolute Gasteiger partial charge is 0.189 e. The molecule has 184 valence electrons. The predicted octanol–water partition coefficient (Wildman–Crippen LogP) is 5.40. The molecule has 0 fully saturated rings. The molecular weight excluding hydrogens is 436 g/mol.